The summed E-state index contributed by atoms with van der Waals surface area (Å²) in [7, 11) is 1.56. The Labute approximate surface area is 209 Å². The summed E-state index contributed by atoms with van der Waals surface area (Å²) in [4.78, 5) is 43.2. The summed E-state index contributed by atoms with van der Waals surface area (Å²) in [5, 5.41) is 3.04. The number of likely N-dealkylation sites (tertiary alicyclic amines) is 1. The van der Waals surface area contributed by atoms with Crippen LogP contribution in [0.2, 0.25) is 0 Å². The standard InChI is InChI=1S/C27H30FN3O5/c1-35-23-4-2-3-19(15-23)24(32)30-12-9-20(10-13-30)27(16-18-5-7-21(28)8-6-18)25(33)31(26(34)29-27)22-11-14-36-17-22/h2-8,15,20,22H,9-14,16-17H2,1H3,(H,29,34). The van der Waals surface area contributed by atoms with E-state index in [4.69, 9.17) is 9.47 Å². The number of urea groups is 1. The van der Waals surface area contributed by atoms with Crippen LogP contribution in [0.25, 0.3) is 0 Å². The highest BCUT2D eigenvalue weighted by Crippen LogP contribution is 2.38. The Morgan fingerprint density at radius 2 is 1.89 bits per heavy atom. The fourth-order valence-corrected chi connectivity index (χ4v) is 5.65. The van der Waals surface area contributed by atoms with Gasteiger partial charge in [0.25, 0.3) is 11.8 Å². The first-order chi connectivity index (χ1) is 17.4. The molecule has 2 aromatic rings. The van der Waals surface area contributed by atoms with Crippen molar-refractivity contribution in [3.63, 3.8) is 0 Å². The highest BCUT2D eigenvalue weighted by molar-refractivity contribution is 6.08. The molecule has 3 aliphatic rings. The molecule has 5 rings (SSSR count). The van der Waals surface area contributed by atoms with Gasteiger partial charge in [0.1, 0.15) is 17.1 Å². The number of carbonyl (C=O) groups excluding carboxylic acids is 3. The maximum Gasteiger partial charge on any atom is 0.325 e. The molecule has 2 aromatic carbocycles. The van der Waals surface area contributed by atoms with Gasteiger partial charge in [-0.2, -0.15) is 0 Å². The van der Waals surface area contributed by atoms with Crippen LogP contribution in [0.1, 0.15) is 35.2 Å². The molecule has 2 atom stereocenters. The minimum Gasteiger partial charge on any atom is -0.497 e. The zero-order valence-electron chi connectivity index (χ0n) is 20.2. The molecule has 190 valence electrons. The minimum atomic E-state index is -1.15. The second-order valence-electron chi connectivity index (χ2n) is 9.70. The number of nitrogens with zero attached hydrogens (tertiary/aromatic N) is 2. The van der Waals surface area contributed by atoms with Gasteiger partial charge in [0.2, 0.25) is 0 Å². The Morgan fingerprint density at radius 3 is 2.56 bits per heavy atom. The van der Waals surface area contributed by atoms with E-state index in [2.05, 4.69) is 5.32 Å². The highest BCUT2D eigenvalue weighted by atomic mass is 19.1. The Hall–Kier alpha value is -3.46. The van der Waals surface area contributed by atoms with Crippen LogP contribution < -0.4 is 10.1 Å². The van der Waals surface area contributed by atoms with Gasteiger partial charge in [-0.25, -0.2) is 9.18 Å². The van der Waals surface area contributed by atoms with Gasteiger partial charge in [0, 0.05) is 31.7 Å². The molecule has 0 spiro atoms. The number of amides is 4. The second kappa shape index (κ2) is 9.89. The largest absolute Gasteiger partial charge is 0.497 e. The highest BCUT2D eigenvalue weighted by Gasteiger charge is 2.57. The predicted octanol–water partition coefficient (Wildman–Crippen LogP) is 3.01. The third-order valence-electron chi connectivity index (χ3n) is 7.61. The number of halogens is 1. The second-order valence-corrected chi connectivity index (χ2v) is 9.70. The van der Waals surface area contributed by atoms with Crippen LogP contribution in [-0.2, 0) is 16.0 Å². The fourth-order valence-electron chi connectivity index (χ4n) is 5.65. The van der Waals surface area contributed by atoms with Crippen molar-refractivity contribution in [2.24, 2.45) is 5.92 Å². The van der Waals surface area contributed by atoms with Crippen LogP contribution in [0.4, 0.5) is 9.18 Å². The topological polar surface area (TPSA) is 88.2 Å². The van der Waals surface area contributed by atoms with E-state index in [1.165, 1.54) is 17.0 Å². The summed E-state index contributed by atoms with van der Waals surface area (Å²) in [5.41, 5.74) is 0.165. The molecule has 0 saturated carbocycles. The van der Waals surface area contributed by atoms with Crippen LogP contribution in [-0.4, -0.2) is 72.6 Å². The average molecular weight is 496 g/mol. The zero-order valence-corrected chi connectivity index (χ0v) is 20.2. The molecule has 1 N–H and O–H groups in total. The van der Waals surface area contributed by atoms with Crippen molar-refractivity contribution in [3.05, 3.63) is 65.5 Å². The first-order valence-electron chi connectivity index (χ1n) is 12.3. The van der Waals surface area contributed by atoms with E-state index in [0.717, 1.165) is 5.56 Å². The maximum absolute atomic E-state index is 13.9. The number of piperidine rings is 1. The molecular weight excluding hydrogens is 465 g/mol. The van der Waals surface area contributed by atoms with Crippen molar-refractivity contribution in [2.45, 2.75) is 37.3 Å². The number of hydrogen-bond donors (Lipinski definition) is 1. The molecule has 2 unspecified atom stereocenters. The lowest BCUT2D eigenvalue weighted by Gasteiger charge is -2.41. The molecule has 3 saturated heterocycles. The number of carbonyl (C=O) groups is 3. The van der Waals surface area contributed by atoms with Gasteiger partial charge in [0.05, 0.1) is 19.8 Å². The lowest BCUT2D eigenvalue weighted by Crippen LogP contribution is -2.58. The van der Waals surface area contributed by atoms with Crippen LogP contribution in [0.5, 0.6) is 5.75 Å². The van der Waals surface area contributed by atoms with Crippen molar-refractivity contribution >= 4 is 17.8 Å². The molecule has 0 bridgehead atoms. The van der Waals surface area contributed by atoms with Crippen molar-refractivity contribution in [2.75, 3.05) is 33.4 Å². The lowest BCUT2D eigenvalue weighted by atomic mass is 9.73. The van der Waals surface area contributed by atoms with Crippen molar-refractivity contribution in [1.82, 2.24) is 15.1 Å². The first kappa shape index (κ1) is 24.2. The Bertz CT molecular complexity index is 1140. The Balaban J connectivity index is 1.38. The third-order valence-corrected chi connectivity index (χ3v) is 7.61. The van der Waals surface area contributed by atoms with E-state index in [-0.39, 0.29) is 36.0 Å². The van der Waals surface area contributed by atoms with Crippen LogP contribution in [0, 0.1) is 11.7 Å². The number of rotatable bonds is 6. The van der Waals surface area contributed by atoms with E-state index < -0.39 is 11.6 Å². The lowest BCUT2D eigenvalue weighted by molar-refractivity contribution is -0.135. The average Bonchev–Trinajstić information content (AvgIpc) is 3.51. The summed E-state index contributed by atoms with van der Waals surface area (Å²) in [6, 6.07) is 12.4. The van der Waals surface area contributed by atoms with Crippen molar-refractivity contribution < 1.29 is 28.2 Å². The summed E-state index contributed by atoms with van der Waals surface area (Å²) in [6.07, 6.45) is 1.98. The molecule has 8 nitrogen and oxygen atoms in total. The molecule has 36 heavy (non-hydrogen) atoms. The SMILES string of the molecule is COc1cccc(C(=O)N2CCC(C3(Cc4ccc(F)cc4)NC(=O)N(C4CCOC4)C3=O)CC2)c1. The van der Waals surface area contributed by atoms with E-state index in [9.17, 15) is 18.8 Å². The Kier molecular flexibility index (Phi) is 6.66. The van der Waals surface area contributed by atoms with Gasteiger partial charge in [-0.15, -0.1) is 0 Å². The molecule has 4 amide bonds. The van der Waals surface area contributed by atoms with Gasteiger partial charge >= 0.3 is 6.03 Å². The molecule has 9 heteroatoms. The van der Waals surface area contributed by atoms with E-state index >= 15 is 0 Å². The first-order valence-corrected chi connectivity index (χ1v) is 12.3. The quantitative estimate of drug-likeness (QED) is 0.623. The van der Waals surface area contributed by atoms with Gasteiger partial charge in [-0.05, 0) is 61.1 Å². The van der Waals surface area contributed by atoms with Gasteiger partial charge in [0.15, 0.2) is 0 Å². The zero-order chi connectivity index (χ0) is 25.3. The number of methoxy groups -OCH3 is 1. The van der Waals surface area contributed by atoms with Crippen LogP contribution >= 0.6 is 0 Å². The number of imide groups is 1. The van der Waals surface area contributed by atoms with Crippen molar-refractivity contribution in [3.8, 4) is 5.75 Å². The van der Waals surface area contributed by atoms with E-state index in [1.54, 1.807) is 48.4 Å². The van der Waals surface area contributed by atoms with Gasteiger partial charge in [-0.1, -0.05) is 18.2 Å². The van der Waals surface area contributed by atoms with Gasteiger partial charge < -0.3 is 19.7 Å². The van der Waals surface area contributed by atoms with Crippen molar-refractivity contribution in [1.29, 1.82) is 0 Å². The summed E-state index contributed by atoms with van der Waals surface area (Å²) in [5.74, 6) is -0.273. The molecule has 0 radical (unpaired) electrons. The van der Waals surface area contributed by atoms with Gasteiger partial charge in [-0.3, -0.25) is 14.5 Å². The van der Waals surface area contributed by atoms with E-state index in [0.29, 0.717) is 56.9 Å². The maximum atomic E-state index is 13.9. The number of hydrogen-bond acceptors (Lipinski definition) is 5. The van der Waals surface area contributed by atoms with Crippen LogP contribution in [0.15, 0.2) is 48.5 Å². The summed E-state index contributed by atoms with van der Waals surface area (Å²) < 4.78 is 24.2. The molecule has 3 fully saturated rings. The number of nitrogens with one attached hydrogen (secondary N) is 1. The fraction of sp³-hybridized carbons (Fsp3) is 0.444. The Morgan fingerprint density at radius 1 is 1.14 bits per heavy atom. The van der Waals surface area contributed by atoms with Crippen LogP contribution in [0.3, 0.4) is 0 Å². The summed E-state index contributed by atoms with van der Waals surface area (Å²) >= 11 is 0. The monoisotopic (exact) mass is 495 g/mol. The smallest absolute Gasteiger partial charge is 0.325 e. The number of benzene rings is 2. The van der Waals surface area contributed by atoms with E-state index in [1.807, 2.05) is 0 Å². The third kappa shape index (κ3) is 4.43. The molecular formula is C27H30FN3O5. The number of ether oxygens (including phenoxy) is 2. The molecule has 0 aliphatic carbocycles. The molecule has 3 aliphatic heterocycles. The normalized spacial score (nSPS) is 24.8. The minimum absolute atomic E-state index is 0.0913. The molecule has 0 aromatic heterocycles. The molecule has 3 heterocycles. The summed E-state index contributed by atoms with van der Waals surface area (Å²) in [6.45, 7) is 1.76. The predicted molar refractivity (Wildman–Crippen MR) is 129 cm³/mol.